The molecule has 0 aliphatic rings. The molecule has 0 saturated carbocycles. The van der Waals surface area contributed by atoms with Crippen molar-refractivity contribution in [2.75, 3.05) is 25.6 Å². The van der Waals surface area contributed by atoms with E-state index in [2.05, 4.69) is 5.32 Å². The smallest absolute Gasteiger partial charge is 0.322 e. The molecule has 0 saturated heterocycles. The highest BCUT2D eigenvalue weighted by Gasteiger charge is 2.16. The Morgan fingerprint density at radius 1 is 1.50 bits per heavy atom. The number of anilines is 1. The Balaban J connectivity index is 2.72. The first-order chi connectivity index (χ1) is 8.58. The van der Waals surface area contributed by atoms with Crippen molar-refractivity contribution >= 4 is 11.7 Å². The van der Waals surface area contributed by atoms with Crippen LogP contribution in [0.2, 0.25) is 0 Å². The van der Waals surface area contributed by atoms with Crippen LogP contribution in [0.3, 0.4) is 0 Å². The molecule has 0 bridgehead atoms. The van der Waals surface area contributed by atoms with Crippen molar-refractivity contribution in [2.45, 2.75) is 19.9 Å². The summed E-state index contributed by atoms with van der Waals surface area (Å²) in [6, 6.07) is 6.95. The van der Waals surface area contributed by atoms with Gasteiger partial charge < -0.3 is 20.1 Å². The van der Waals surface area contributed by atoms with Crippen LogP contribution in [0.4, 0.5) is 10.5 Å². The lowest BCUT2D eigenvalue weighted by atomic mass is 10.3. The van der Waals surface area contributed by atoms with Crippen molar-refractivity contribution in [2.24, 2.45) is 0 Å². The Labute approximate surface area is 107 Å². The van der Waals surface area contributed by atoms with Gasteiger partial charge in [0.1, 0.15) is 5.75 Å². The van der Waals surface area contributed by atoms with Crippen LogP contribution in [-0.2, 0) is 0 Å². The van der Waals surface area contributed by atoms with Gasteiger partial charge in [0.2, 0.25) is 0 Å². The zero-order valence-electron chi connectivity index (χ0n) is 11.0. The zero-order valence-corrected chi connectivity index (χ0v) is 11.0. The number of benzene rings is 1. The maximum Gasteiger partial charge on any atom is 0.322 e. The first-order valence-electron chi connectivity index (χ1n) is 5.91. The lowest BCUT2D eigenvalue weighted by Crippen LogP contribution is -2.41. The fourth-order valence-electron chi connectivity index (χ4n) is 1.60. The summed E-state index contributed by atoms with van der Waals surface area (Å²) < 4.78 is 5.09. The van der Waals surface area contributed by atoms with Gasteiger partial charge in [-0.3, -0.25) is 0 Å². The van der Waals surface area contributed by atoms with E-state index in [1.54, 1.807) is 30.2 Å². The molecule has 18 heavy (non-hydrogen) atoms. The Morgan fingerprint density at radius 3 is 2.78 bits per heavy atom. The van der Waals surface area contributed by atoms with Crippen molar-refractivity contribution in [3.63, 3.8) is 0 Å². The number of hydrogen-bond donors (Lipinski definition) is 2. The van der Waals surface area contributed by atoms with Crippen LogP contribution >= 0.6 is 0 Å². The van der Waals surface area contributed by atoms with E-state index in [1.807, 2.05) is 19.9 Å². The Morgan fingerprint density at radius 2 is 2.22 bits per heavy atom. The fraction of sp³-hybridized carbons (Fsp3) is 0.462. The van der Waals surface area contributed by atoms with E-state index < -0.39 is 0 Å². The van der Waals surface area contributed by atoms with Crippen molar-refractivity contribution in [3.8, 4) is 5.75 Å². The van der Waals surface area contributed by atoms with E-state index in [0.29, 0.717) is 18.0 Å². The van der Waals surface area contributed by atoms with Gasteiger partial charge >= 0.3 is 6.03 Å². The monoisotopic (exact) mass is 252 g/mol. The maximum absolute atomic E-state index is 12.0. The first-order valence-corrected chi connectivity index (χ1v) is 5.91. The zero-order chi connectivity index (χ0) is 13.5. The molecule has 0 aliphatic carbocycles. The van der Waals surface area contributed by atoms with Crippen molar-refractivity contribution in [3.05, 3.63) is 24.3 Å². The molecule has 0 aliphatic heterocycles. The molecule has 0 radical (unpaired) electrons. The van der Waals surface area contributed by atoms with E-state index in [4.69, 9.17) is 9.84 Å². The molecule has 0 unspecified atom stereocenters. The second-order valence-electron chi connectivity index (χ2n) is 4.17. The van der Waals surface area contributed by atoms with Gasteiger partial charge in [-0.05, 0) is 26.0 Å². The largest absolute Gasteiger partial charge is 0.497 e. The molecule has 0 atom stereocenters. The first kappa shape index (κ1) is 14.3. The minimum atomic E-state index is -0.229. The normalized spacial score (nSPS) is 10.3. The van der Waals surface area contributed by atoms with Gasteiger partial charge in [0.05, 0.1) is 13.7 Å². The number of aliphatic hydroxyl groups excluding tert-OH is 1. The summed E-state index contributed by atoms with van der Waals surface area (Å²) in [4.78, 5) is 13.6. The third kappa shape index (κ3) is 3.92. The summed E-state index contributed by atoms with van der Waals surface area (Å²) in [5.41, 5.74) is 0.669. The summed E-state index contributed by atoms with van der Waals surface area (Å²) in [6.07, 6.45) is 0. The number of hydrogen-bond acceptors (Lipinski definition) is 3. The highest BCUT2D eigenvalue weighted by atomic mass is 16.5. The quantitative estimate of drug-likeness (QED) is 0.841. The number of aliphatic hydroxyl groups is 1. The second kappa shape index (κ2) is 6.86. The van der Waals surface area contributed by atoms with Crippen LogP contribution in [-0.4, -0.2) is 42.3 Å². The Hall–Kier alpha value is -1.75. The molecular formula is C13H20N2O3. The molecule has 100 valence electrons. The molecule has 0 heterocycles. The lowest BCUT2D eigenvalue weighted by molar-refractivity contribution is 0.172. The van der Waals surface area contributed by atoms with E-state index in [9.17, 15) is 4.79 Å². The summed E-state index contributed by atoms with van der Waals surface area (Å²) in [7, 11) is 1.58. The molecule has 5 heteroatoms. The third-order valence-electron chi connectivity index (χ3n) is 2.55. The molecule has 5 nitrogen and oxygen atoms in total. The van der Waals surface area contributed by atoms with E-state index in [0.717, 1.165) is 0 Å². The van der Waals surface area contributed by atoms with Crippen LogP contribution < -0.4 is 10.1 Å². The van der Waals surface area contributed by atoms with Gasteiger partial charge in [0, 0.05) is 24.3 Å². The number of rotatable bonds is 5. The number of amides is 2. The molecule has 1 aromatic carbocycles. The minimum Gasteiger partial charge on any atom is -0.497 e. The van der Waals surface area contributed by atoms with Crippen molar-refractivity contribution in [1.29, 1.82) is 0 Å². The van der Waals surface area contributed by atoms with Crippen LogP contribution in [0.25, 0.3) is 0 Å². The predicted molar refractivity (Wildman–Crippen MR) is 70.9 cm³/mol. The van der Waals surface area contributed by atoms with Crippen LogP contribution in [0.5, 0.6) is 5.75 Å². The molecule has 2 amide bonds. The third-order valence-corrected chi connectivity index (χ3v) is 2.55. The number of nitrogens with zero attached hydrogens (tertiary/aromatic N) is 1. The molecule has 0 fully saturated rings. The topological polar surface area (TPSA) is 61.8 Å². The molecule has 1 rings (SSSR count). The highest BCUT2D eigenvalue weighted by Crippen LogP contribution is 2.17. The molecular weight excluding hydrogens is 232 g/mol. The average molecular weight is 252 g/mol. The number of carbonyl (C=O) groups excluding carboxylic acids is 1. The van der Waals surface area contributed by atoms with Gasteiger partial charge in [0.15, 0.2) is 0 Å². The number of nitrogens with one attached hydrogen (secondary N) is 1. The predicted octanol–water partition coefficient (Wildman–Crippen LogP) is 1.93. The maximum atomic E-state index is 12.0. The number of urea groups is 1. The summed E-state index contributed by atoms with van der Waals surface area (Å²) in [5, 5.41) is 11.7. The summed E-state index contributed by atoms with van der Waals surface area (Å²) >= 11 is 0. The summed E-state index contributed by atoms with van der Waals surface area (Å²) in [5.74, 6) is 0.686. The van der Waals surface area contributed by atoms with Gasteiger partial charge in [-0.1, -0.05) is 6.07 Å². The van der Waals surface area contributed by atoms with Crippen LogP contribution in [0.1, 0.15) is 13.8 Å². The van der Waals surface area contributed by atoms with Gasteiger partial charge in [0.25, 0.3) is 0 Å². The van der Waals surface area contributed by atoms with E-state index in [1.165, 1.54) is 0 Å². The second-order valence-corrected chi connectivity index (χ2v) is 4.17. The fourth-order valence-corrected chi connectivity index (χ4v) is 1.60. The Kier molecular flexibility index (Phi) is 5.45. The standard InChI is InChI=1S/C13H20N2O3/c1-10(2)15(7-8-16)13(17)14-11-5-4-6-12(9-11)18-3/h4-6,9-10,16H,7-8H2,1-3H3,(H,14,17). The van der Waals surface area contributed by atoms with Crippen molar-refractivity contribution in [1.82, 2.24) is 4.90 Å². The lowest BCUT2D eigenvalue weighted by Gasteiger charge is -2.26. The number of methoxy groups -OCH3 is 1. The van der Waals surface area contributed by atoms with Gasteiger partial charge in [-0.2, -0.15) is 0 Å². The van der Waals surface area contributed by atoms with Gasteiger partial charge in [-0.15, -0.1) is 0 Å². The SMILES string of the molecule is COc1cccc(NC(=O)N(CCO)C(C)C)c1. The van der Waals surface area contributed by atoms with Crippen molar-refractivity contribution < 1.29 is 14.6 Å². The van der Waals surface area contributed by atoms with E-state index in [-0.39, 0.29) is 18.7 Å². The number of carbonyl (C=O) groups is 1. The summed E-state index contributed by atoms with van der Waals surface area (Å²) in [6.45, 7) is 4.07. The number of ether oxygens (including phenoxy) is 1. The van der Waals surface area contributed by atoms with Crippen LogP contribution in [0.15, 0.2) is 24.3 Å². The van der Waals surface area contributed by atoms with Gasteiger partial charge in [-0.25, -0.2) is 4.79 Å². The molecule has 1 aromatic rings. The molecule has 0 spiro atoms. The minimum absolute atomic E-state index is 0.0303. The molecule has 0 aromatic heterocycles. The Bertz CT molecular complexity index is 394. The highest BCUT2D eigenvalue weighted by molar-refractivity contribution is 5.89. The average Bonchev–Trinajstić information content (AvgIpc) is 2.35. The van der Waals surface area contributed by atoms with Crippen LogP contribution in [0, 0.1) is 0 Å². The van der Waals surface area contributed by atoms with E-state index >= 15 is 0 Å². The molecule has 2 N–H and O–H groups in total.